The Labute approximate surface area is 162 Å². The molecule has 148 valence electrons. The van der Waals surface area contributed by atoms with E-state index in [1.807, 2.05) is 19.1 Å². The smallest absolute Gasteiger partial charge is 0.322 e. The Balaban J connectivity index is 1.62. The summed E-state index contributed by atoms with van der Waals surface area (Å²) >= 11 is 0. The molecule has 0 radical (unpaired) electrons. The fourth-order valence-electron chi connectivity index (χ4n) is 4.05. The van der Waals surface area contributed by atoms with Crippen LogP contribution in [0.3, 0.4) is 0 Å². The maximum Gasteiger partial charge on any atom is 0.322 e. The lowest BCUT2D eigenvalue weighted by Crippen LogP contribution is -2.54. The van der Waals surface area contributed by atoms with Crippen LogP contribution in [0.25, 0.3) is 0 Å². The highest BCUT2D eigenvalue weighted by atomic mass is 16.2. The zero-order chi connectivity index (χ0) is 19.6. The molecule has 0 aliphatic carbocycles. The summed E-state index contributed by atoms with van der Waals surface area (Å²) in [5, 5.41) is 5.91. The zero-order valence-corrected chi connectivity index (χ0v) is 17.0. The molecule has 3 amide bonds. The molecule has 6 nitrogen and oxygen atoms in total. The van der Waals surface area contributed by atoms with Crippen molar-refractivity contribution in [2.45, 2.75) is 46.1 Å². The summed E-state index contributed by atoms with van der Waals surface area (Å²) in [6, 6.07) is 5.46. The number of rotatable bonds is 5. The number of hydrogen-bond donors (Lipinski definition) is 2. The third-order valence-electron chi connectivity index (χ3n) is 5.80. The van der Waals surface area contributed by atoms with Gasteiger partial charge in [0.15, 0.2) is 0 Å². The molecule has 2 N–H and O–H groups in total. The van der Waals surface area contributed by atoms with Crippen LogP contribution in [0.4, 0.5) is 10.5 Å². The second-order valence-corrected chi connectivity index (χ2v) is 8.57. The predicted octanol–water partition coefficient (Wildman–Crippen LogP) is 2.76. The summed E-state index contributed by atoms with van der Waals surface area (Å²) in [5.41, 5.74) is 2.37. The number of piperidine rings is 1. The molecule has 27 heavy (non-hydrogen) atoms. The number of nitrogens with one attached hydrogen (secondary N) is 2. The number of urea groups is 1. The van der Waals surface area contributed by atoms with Crippen LogP contribution < -0.4 is 15.5 Å². The Bertz CT molecular complexity index is 716. The van der Waals surface area contributed by atoms with Gasteiger partial charge in [0.05, 0.1) is 0 Å². The average molecular weight is 373 g/mol. The molecule has 0 bridgehead atoms. The van der Waals surface area contributed by atoms with Crippen LogP contribution in [-0.4, -0.2) is 55.1 Å². The highest BCUT2D eigenvalue weighted by molar-refractivity contribution is 5.97. The minimum Gasteiger partial charge on any atom is -0.350 e. The van der Waals surface area contributed by atoms with Crippen LogP contribution >= 0.6 is 0 Å². The van der Waals surface area contributed by atoms with Gasteiger partial charge in [-0.3, -0.25) is 14.6 Å². The molecule has 0 aromatic heterocycles. The summed E-state index contributed by atoms with van der Waals surface area (Å²) in [5.74, 6) is 0.653. The molecular weight excluding hydrogens is 340 g/mol. The van der Waals surface area contributed by atoms with Crippen molar-refractivity contribution in [2.75, 3.05) is 37.6 Å². The number of nitrogens with zero attached hydrogens (tertiary/aromatic N) is 2. The van der Waals surface area contributed by atoms with Crippen molar-refractivity contribution in [1.82, 2.24) is 15.5 Å². The number of amides is 3. The number of likely N-dealkylation sites (tertiary alicyclic amines) is 1. The molecule has 0 saturated carbocycles. The molecule has 1 unspecified atom stereocenters. The number of anilines is 1. The fourth-order valence-corrected chi connectivity index (χ4v) is 4.05. The summed E-state index contributed by atoms with van der Waals surface area (Å²) in [6.45, 7) is 12.8. The van der Waals surface area contributed by atoms with Crippen LogP contribution in [0.1, 0.15) is 49.5 Å². The van der Waals surface area contributed by atoms with Crippen molar-refractivity contribution in [3.8, 4) is 0 Å². The monoisotopic (exact) mass is 372 g/mol. The first-order valence-electron chi connectivity index (χ1n) is 9.97. The van der Waals surface area contributed by atoms with E-state index in [1.165, 1.54) is 12.8 Å². The van der Waals surface area contributed by atoms with Gasteiger partial charge in [-0.25, -0.2) is 4.79 Å². The number of benzene rings is 1. The maximum atomic E-state index is 12.7. The van der Waals surface area contributed by atoms with Crippen LogP contribution in [0.5, 0.6) is 0 Å². The normalized spacial score (nSPS) is 21.3. The van der Waals surface area contributed by atoms with Crippen molar-refractivity contribution in [3.05, 3.63) is 29.3 Å². The predicted molar refractivity (Wildman–Crippen MR) is 108 cm³/mol. The lowest BCUT2D eigenvalue weighted by molar-refractivity contribution is 0.0657. The molecule has 2 saturated heterocycles. The largest absolute Gasteiger partial charge is 0.350 e. The molecule has 3 rings (SSSR count). The Hall–Kier alpha value is -2.08. The molecule has 1 atom stereocenters. The quantitative estimate of drug-likeness (QED) is 0.835. The lowest BCUT2D eigenvalue weighted by atomic mass is 9.93. The summed E-state index contributed by atoms with van der Waals surface area (Å²) in [7, 11) is 0. The Kier molecular flexibility index (Phi) is 5.75. The van der Waals surface area contributed by atoms with Crippen LogP contribution in [0.2, 0.25) is 0 Å². The average Bonchev–Trinajstić information content (AvgIpc) is 3.05. The summed E-state index contributed by atoms with van der Waals surface area (Å²) < 4.78 is 0. The topological polar surface area (TPSA) is 64.7 Å². The van der Waals surface area contributed by atoms with Gasteiger partial charge in [0.1, 0.15) is 0 Å². The highest BCUT2D eigenvalue weighted by Crippen LogP contribution is 2.25. The Morgan fingerprint density at radius 2 is 2.11 bits per heavy atom. The molecule has 2 aliphatic rings. The van der Waals surface area contributed by atoms with Crippen molar-refractivity contribution >= 4 is 17.6 Å². The fraction of sp³-hybridized carbons (Fsp3) is 0.619. The molecule has 2 aliphatic heterocycles. The van der Waals surface area contributed by atoms with Gasteiger partial charge in [0.25, 0.3) is 5.91 Å². The molecule has 1 aromatic rings. The molecule has 2 fully saturated rings. The number of carbonyl (C=O) groups excluding carboxylic acids is 2. The van der Waals surface area contributed by atoms with E-state index in [1.54, 1.807) is 11.0 Å². The molecular formula is C21H32N4O2. The van der Waals surface area contributed by atoms with Gasteiger partial charge in [-0.1, -0.05) is 6.92 Å². The van der Waals surface area contributed by atoms with Gasteiger partial charge in [-0.05, 0) is 69.8 Å². The first-order chi connectivity index (χ1) is 12.8. The second-order valence-electron chi connectivity index (χ2n) is 8.57. The van der Waals surface area contributed by atoms with Gasteiger partial charge in [0.2, 0.25) is 0 Å². The highest BCUT2D eigenvalue weighted by Gasteiger charge is 2.30. The van der Waals surface area contributed by atoms with E-state index in [-0.39, 0.29) is 17.5 Å². The van der Waals surface area contributed by atoms with Gasteiger partial charge in [-0.2, -0.15) is 0 Å². The number of carbonyl (C=O) groups is 2. The Morgan fingerprint density at radius 3 is 2.74 bits per heavy atom. The van der Waals surface area contributed by atoms with Crippen molar-refractivity contribution in [2.24, 2.45) is 5.92 Å². The van der Waals surface area contributed by atoms with E-state index < -0.39 is 0 Å². The van der Waals surface area contributed by atoms with E-state index in [4.69, 9.17) is 0 Å². The van der Waals surface area contributed by atoms with Crippen LogP contribution in [0.15, 0.2) is 18.2 Å². The van der Waals surface area contributed by atoms with Crippen molar-refractivity contribution in [3.63, 3.8) is 0 Å². The third kappa shape index (κ3) is 4.43. The van der Waals surface area contributed by atoms with Gasteiger partial charge in [-0.15, -0.1) is 0 Å². The van der Waals surface area contributed by atoms with E-state index in [9.17, 15) is 9.59 Å². The van der Waals surface area contributed by atoms with Crippen LogP contribution in [0, 0.1) is 12.8 Å². The van der Waals surface area contributed by atoms with Gasteiger partial charge in [0, 0.05) is 43.0 Å². The number of aryl methyl sites for hydroxylation is 1. The maximum absolute atomic E-state index is 12.7. The minimum absolute atomic E-state index is 0.0614. The molecule has 0 spiro atoms. The van der Waals surface area contributed by atoms with E-state index in [2.05, 4.69) is 36.3 Å². The third-order valence-corrected chi connectivity index (χ3v) is 5.80. The Morgan fingerprint density at radius 1 is 1.33 bits per heavy atom. The van der Waals surface area contributed by atoms with E-state index in [0.29, 0.717) is 31.1 Å². The summed E-state index contributed by atoms with van der Waals surface area (Å²) in [6.07, 6.45) is 2.52. The van der Waals surface area contributed by atoms with Crippen molar-refractivity contribution in [1.29, 1.82) is 0 Å². The van der Waals surface area contributed by atoms with Crippen LogP contribution in [-0.2, 0) is 0 Å². The zero-order valence-electron chi connectivity index (χ0n) is 17.0. The first-order valence-corrected chi connectivity index (χ1v) is 9.97. The van der Waals surface area contributed by atoms with Gasteiger partial charge >= 0.3 is 6.03 Å². The first kappa shape index (κ1) is 19.7. The minimum atomic E-state index is -0.0761. The molecule has 6 heteroatoms. The molecule has 2 heterocycles. The van der Waals surface area contributed by atoms with Gasteiger partial charge < -0.3 is 10.6 Å². The second kappa shape index (κ2) is 7.89. The van der Waals surface area contributed by atoms with E-state index in [0.717, 1.165) is 24.3 Å². The SMILES string of the molecule is Cc1cc(C(=O)NCC(C)(C)N2CCCC(C)C2)ccc1N1CCNC1=O. The standard InChI is InChI=1S/C21H32N4O2/c1-15-6-5-10-24(13-15)21(3,4)14-23-19(26)17-7-8-18(16(2)12-17)25-11-9-22-20(25)27/h7-8,12,15H,5-6,9-11,13-14H2,1-4H3,(H,22,27)(H,23,26). The number of hydrogen-bond acceptors (Lipinski definition) is 3. The molecule has 1 aromatic carbocycles. The van der Waals surface area contributed by atoms with E-state index >= 15 is 0 Å². The lowest BCUT2D eigenvalue weighted by Gasteiger charge is -2.43. The summed E-state index contributed by atoms with van der Waals surface area (Å²) in [4.78, 5) is 28.7. The van der Waals surface area contributed by atoms with Crippen molar-refractivity contribution < 1.29 is 9.59 Å².